The molecule has 0 radical (unpaired) electrons. The number of nitrogens with zero attached hydrogens (tertiary/aromatic N) is 1. The molecule has 0 bridgehead atoms. The van der Waals surface area contributed by atoms with Crippen molar-refractivity contribution in [2.24, 2.45) is 0 Å². The van der Waals surface area contributed by atoms with Crippen molar-refractivity contribution in [2.75, 3.05) is 7.11 Å². The lowest BCUT2D eigenvalue weighted by Gasteiger charge is -2.13. The minimum Gasteiger partial charge on any atom is -0.496 e. The van der Waals surface area contributed by atoms with Gasteiger partial charge in [-0.05, 0) is 34.5 Å². The highest BCUT2D eigenvalue weighted by molar-refractivity contribution is 6.06. The molecule has 106 valence electrons. The van der Waals surface area contributed by atoms with Gasteiger partial charge >= 0.3 is 0 Å². The van der Waals surface area contributed by atoms with Gasteiger partial charge in [0.15, 0.2) is 0 Å². The van der Waals surface area contributed by atoms with E-state index in [2.05, 4.69) is 59.6 Å². The normalized spacial score (nSPS) is 11.0. The molecule has 22 heavy (non-hydrogen) atoms. The van der Waals surface area contributed by atoms with Gasteiger partial charge in [-0.15, -0.1) is 0 Å². The lowest BCUT2D eigenvalue weighted by atomic mass is 9.95. The lowest BCUT2D eigenvalue weighted by Crippen LogP contribution is -1.92. The van der Waals surface area contributed by atoms with E-state index in [9.17, 15) is 0 Å². The predicted molar refractivity (Wildman–Crippen MR) is 91.2 cm³/mol. The molecule has 0 amide bonds. The van der Waals surface area contributed by atoms with E-state index in [4.69, 9.17) is 4.74 Å². The van der Waals surface area contributed by atoms with Crippen LogP contribution in [-0.4, -0.2) is 12.1 Å². The maximum Gasteiger partial charge on any atom is 0.128 e. The average molecular weight is 285 g/mol. The second-order valence-electron chi connectivity index (χ2n) is 5.24. The quantitative estimate of drug-likeness (QED) is 0.513. The molecular weight excluding hydrogens is 270 g/mol. The molecule has 3 aromatic carbocycles. The molecule has 2 heteroatoms. The number of hydrogen-bond acceptors (Lipinski definition) is 2. The zero-order chi connectivity index (χ0) is 14.9. The van der Waals surface area contributed by atoms with E-state index in [0.29, 0.717) is 0 Å². The number of fused-ring (bicyclic) bond motifs is 2. The molecule has 0 saturated carbocycles. The third kappa shape index (κ3) is 1.92. The minimum absolute atomic E-state index is 0.850. The van der Waals surface area contributed by atoms with E-state index in [-0.39, 0.29) is 0 Å². The zero-order valence-electron chi connectivity index (χ0n) is 12.3. The third-order valence-electron chi connectivity index (χ3n) is 4.02. The van der Waals surface area contributed by atoms with Gasteiger partial charge in [-0.1, -0.05) is 48.5 Å². The summed E-state index contributed by atoms with van der Waals surface area (Å²) in [5.74, 6) is 0.850. The van der Waals surface area contributed by atoms with E-state index in [1.54, 1.807) is 7.11 Å². The van der Waals surface area contributed by atoms with Crippen molar-refractivity contribution >= 4 is 21.7 Å². The average Bonchev–Trinajstić information content (AvgIpc) is 2.60. The van der Waals surface area contributed by atoms with Gasteiger partial charge in [0.25, 0.3) is 0 Å². The summed E-state index contributed by atoms with van der Waals surface area (Å²) in [6.07, 6.45) is 1.83. The first-order valence-electron chi connectivity index (χ1n) is 7.28. The Kier molecular flexibility index (Phi) is 3.01. The summed E-state index contributed by atoms with van der Waals surface area (Å²) in [7, 11) is 1.71. The van der Waals surface area contributed by atoms with Crippen molar-refractivity contribution in [1.82, 2.24) is 4.98 Å². The largest absolute Gasteiger partial charge is 0.496 e. The van der Waals surface area contributed by atoms with Gasteiger partial charge in [0, 0.05) is 11.6 Å². The molecule has 4 aromatic rings. The molecule has 0 aliphatic carbocycles. The van der Waals surface area contributed by atoms with E-state index in [1.165, 1.54) is 10.8 Å². The van der Waals surface area contributed by atoms with Crippen LogP contribution in [0.25, 0.3) is 32.8 Å². The van der Waals surface area contributed by atoms with Gasteiger partial charge < -0.3 is 4.74 Å². The zero-order valence-corrected chi connectivity index (χ0v) is 12.3. The molecule has 0 unspecified atom stereocenters. The molecule has 2 nitrogen and oxygen atoms in total. The van der Waals surface area contributed by atoms with E-state index in [0.717, 1.165) is 27.8 Å². The maximum absolute atomic E-state index is 5.62. The number of pyridine rings is 1. The highest BCUT2D eigenvalue weighted by Crippen LogP contribution is 2.39. The first-order chi connectivity index (χ1) is 10.9. The van der Waals surface area contributed by atoms with Crippen molar-refractivity contribution in [3.05, 3.63) is 72.9 Å². The molecule has 0 fully saturated rings. The number of aromatic nitrogens is 1. The summed E-state index contributed by atoms with van der Waals surface area (Å²) in [5, 5.41) is 3.54. The topological polar surface area (TPSA) is 22.1 Å². The molecule has 4 rings (SSSR count). The molecule has 0 spiro atoms. The Hall–Kier alpha value is -2.87. The smallest absolute Gasteiger partial charge is 0.128 e. The highest BCUT2D eigenvalue weighted by atomic mass is 16.5. The van der Waals surface area contributed by atoms with Crippen LogP contribution in [0.15, 0.2) is 72.9 Å². The molecule has 1 aromatic heterocycles. The highest BCUT2D eigenvalue weighted by Gasteiger charge is 2.13. The fourth-order valence-electron chi connectivity index (χ4n) is 3.00. The van der Waals surface area contributed by atoms with Crippen LogP contribution in [0, 0.1) is 0 Å². The lowest BCUT2D eigenvalue weighted by molar-refractivity contribution is 0.417. The first kappa shape index (κ1) is 12.8. The minimum atomic E-state index is 0.850. The van der Waals surface area contributed by atoms with Crippen LogP contribution in [0.5, 0.6) is 5.75 Å². The summed E-state index contributed by atoms with van der Waals surface area (Å²) < 4.78 is 5.62. The van der Waals surface area contributed by atoms with E-state index in [1.807, 2.05) is 18.3 Å². The van der Waals surface area contributed by atoms with Gasteiger partial charge in [-0.3, -0.25) is 4.98 Å². The molecular formula is C20H15NO. The first-order valence-corrected chi connectivity index (χ1v) is 7.28. The van der Waals surface area contributed by atoms with Gasteiger partial charge in [0.05, 0.1) is 18.2 Å². The SMILES string of the molecule is COc1ccc2cccnc2c1-c1cccc2ccccc12. The maximum atomic E-state index is 5.62. The number of benzene rings is 3. The van der Waals surface area contributed by atoms with Crippen molar-refractivity contribution in [1.29, 1.82) is 0 Å². The van der Waals surface area contributed by atoms with E-state index >= 15 is 0 Å². The molecule has 0 atom stereocenters. The van der Waals surface area contributed by atoms with Crippen molar-refractivity contribution in [3.63, 3.8) is 0 Å². The van der Waals surface area contributed by atoms with Gasteiger partial charge in [-0.25, -0.2) is 0 Å². The van der Waals surface area contributed by atoms with Gasteiger partial charge in [0.2, 0.25) is 0 Å². The Morgan fingerprint density at radius 3 is 2.50 bits per heavy atom. The van der Waals surface area contributed by atoms with Crippen molar-refractivity contribution < 1.29 is 4.74 Å². The number of methoxy groups -OCH3 is 1. The summed E-state index contributed by atoms with van der Waals surface area (Å²) in [5.41, 5.74) is 3.18. The molecule has 0 saturated heterocycles. The summed E-state index contributed by atoms with van der Waals surface area (Å²) in [4.78, 5) is 4.59. The van der Waals surface area contributed by atoms with E-state index < -0.39 is 0 Å². The number of rotatable bonds is 2. The molecule has 0 aliphatic rings. The Morgan fingerprint density at radius 2 is 1.59 bits per heavy atom. The Morgan fingerprint density at radius 1 is 0.773 bits per heavy atom. The predicted octanol–water partition coefficient (Wildman–Crippen LogP) is 5.06. The Labute approximate surface area is 129 Å². The van der Waals surface area contributed by atoms with Crippen LogP contribution in [0.1, 0.15) is 0 Å². The monoisotopic (exact) mass is 285 g/mol. The van der Waals surface area contributed by atoms with Gasteiger partial charge in [-0.2, -0.15) is 0 Å². The van der Waals surface area contributed by atoms with Crippen LogP contribution in [0.2, 0.25) is 0 Å². The number of ether oxygens (including phenoxy) is 1. The van der Waals surface area contributed by atoms with Crippen LogP contribution in [-0.2, 0) is 0 Å². The summed E-state index contributed by atoms with van der Waals surface area (Å²) in [6.45, 7) is 0. The Balaban J connectivity index is 2.16. The second-order valence-corrected chi connectivity index (χ2v) is 5.24. The number of hydrogen-bond donors (Lipinski definition) is 0. The van der Waals surface area contributed by atoms with Crippen LogP contribution in [0.3, 0.4) is 0 Å². The van der Waals surface area contributed by atoms with Crippen LogP contribution < -0.4 is 4.74 Å². The fraction of sp³-hybridized carbons (Fsp3) is 0.0500. The summed E-state index contributed by atoms with van der Waals surface area (Å²) in [6, 6.07) is 22.9. The third-order valence-corrected chi connectivity index (χ3v) is 4.02. The van der Waals surface area contributed by atoms with Crippen molar-refractivity contribution in [2.45, 2.75) is 0 Å². The second kappa shape index (κ2) is 5.15. The Bertz CT molecular complexity index is 970. The van der Waals surface area contributed by atoms with Crippen LogP contribution >= 0.6 is 0 Å². The van der Waals surface area contributed by atoms with Crippen LogP contribution in [0.4, 0.5) is 0 Å². The van der Waals surface area contributed by atoms with Gasteiger partial charge in [0.1, 0.15) is 5.75 Å². The molecule has 0 N–H and O–H groups in total. The molecule has 1 heterocycles. The standard InChI is InChI=1S/C20H15NO/c1-22-18-12-11-15-8-5-13-21-20(15)19(18)17-10-4-7-14-6-2-3-9-16(14)17/h2-13H,1H3. The fourth-order valence-corrected chi connectivity index (χ4v) is 3.00. The van der Waals surface area contributed by atoms with Crippen molar-refractivity contribution in [3.8, 4) is 16.9 Å². The molecule has 0 aliphatic heterocycles. The summed E-state index contributed by atoms with van der Waals surface area (Å²) >= 11 is 0.